The van der Waals surface area contributed by atoms with Gasteiger partial charge in [-0.05, 0) is 38.0 Å². The molecular formula is C13H19NO2. The predicted octanol–water partition coefficient (Wildman–Crippen LogP) is 3.10. The standard InChI is InChI=1S/C13H19NO2/c1-4-6-13(15)16-11(3)14-12-8-5-7-10(2)9-12/h5,7-9,11,14H,4,6H2,1-3H3. The summed E-state index contributed by atoms with van der Waals surface area (Å²) in [4.78, 5) is 11.2. The lowest BCUT2D eigenvalue weighted by Gasteiger charge is -2.16. The van der Waals surface area contributed by atoms with E-state index in [9.17, 15) is 4.79 Å². The molecule has 16 heavy (non-hydrogen) atoms. The minimum absolute atomic E-state index is 0.157. The molecule has 0 aliphatic rings. The molecule has 88 valence electrons. The van der Waals surface area contributed by atoms with Gasteiger partial charge in [0.1, 0.15) is 0 Å². The van der Waals surface area contributed by atoms with Crippen LogP contribution in [0.4, 0.5) is 5.69 Å². The van der Waals surface area contributed by atoms with Gasteiger partial charge in [-0.1, -0.05) is 19.1 Å². The van der Waals surface area contributed by atoms with E-state index in [2.05, 4.69) is 5.32 Å². The van der Waals surface area contributed by atoms with Gasteiger partial charge in [0.05, 0.1) is 0 Å². The number of aryl methyl sites for hydroxylation is 1. The van der Waals surface area contributed by atoms with Crippen molar-refractivity contribution in [1.82, 2.24) is 0 Å². The Hall–Kier alpha value is -1.51. The second-order valence-corrected chi connectivity index (χ2v) is 3.90. The van der Waals surface area contributed by atoms with Gasteiger partial charge < -0.3 is 10.1 Å². The van der Waals surface area contributed by atoms with Gasteiger partial charge in [-0.2, -0.15) is 0 Å². The van der Waals surface area contributed by atoms with E-state index < -0.39 is 0 Å². The molecule has 0 bridgehead atoms. The first-order valence-electron chi connectivity index (χ1n) is 5.64. The zero-order valence-corrected chi connectivity index (χ0v) is 10.1. The van der Waals surface area contributed by atoms with Gasteiger partial charge in [-0.25, -0.2) is 0 Å². The van der Waals surface area contributed by atoms with Crippen LogP contribution in [-0.2, 0) is 9.53 Å². The van der Waals surface area contributed by atoms with Gasteiger partial charge in [0.15, 0.2) is 6.23 Å². The van der Waals surface area contributed by atoms with Crippen LogP contribution in [0.2, 0.25) is 0 Å². The van der Waals surface area contributed by atoms with Crippen molar-refractivity contribution < 1.29 is 9.53 Å². The summed E-state index contributed by atoms with van der Waals surface area (Å²) in [5.74, 6) is -0.157. The average molecular weight is 221 g/mol. The maximum Gasteiger partial charge on any atom is 0.307 e. The maximum atomic E-state index is 11.2. The molecule has 3 nitrogen and oxygen atoms in total. The molecule has 1 N–H and O–H groups in total. The van der Waals surface area contributed by atoms with Crippen LogP contribution in [0.5, 0.6) is 0 Å². The third-order valence-corrected chi connectivity index (χ3v) is 2.15. The van der Waals surface area contributed by atoms with Gasteiger partial charge in [-0.3, -0.25) is 4.79 Å². The third kappa shape index (κ3) is 4.34. The molecule has 0 aliphatic heterocycles. The van der Waals surface area contributed by atoms with E-state index in [1.54, 1.807) is 0 Å². The molecule has 0 spiro atoms. The highest BCUT2D eigenvalue weighted by molar-refractivity contribution is 5.69. The fourth-order valence-electron chi connectivity index (χ4n) is 1.46. The summed E-state index contributed by atoms with van der Waals surface area (Å²) < 4.78 is 5.18. The fraction of sp³-hybridized carbons (Fsp3) is 0.462. The third-order valence-electron chi connectivity index (χ3n) is 2.15. The quantitative estimate of drug-likeness (QED) is 0.613. The Bertz CT molecular complexity index is 350. The molecule has 0 amide bonds. The van der Waals surface area contributed by atoms with E-state index in [1.807, 2.05) is 45.0 Å². The van der Waals surface area contributed by atoms with Crippen molar-refractivity contribution in [1.29, 1.82) is 0 Å². The number of rotatable bonds is 5. The molecule has 0 saturated heterocycles. The molecule has 1 atom stereocenters. The molecule has 0 radical (unpaired) electrons. The molecule has 1 aromatic rings. The monoisotopic (exact) mass is 221 g/mol. The smallest absolute Gasteiger partial charge is 0.307 e. The molecule has 1 rings (SSSR count). The minimum atomic E-state index is -0.291. The molecule has 1 unspecified atom stereocenters. The summed E-state index contributed by atoms with van der Waals surface area (Å²) >= 11 is 0. The van der Waals surface area contributed by atoms with Crippen molar-refractivity contribution in [2.75, 3.05) is 5.32 Å². The molecule has 0 saturated carbocycles. The van der Waals surface area contributed by atoms with Gasteiger partial charge >= 0.3 is 5.97 Å². The Kier molecular flexibility index (Phi) is 4.83. The number of carbonyl (C=O) groups excluding carboxylic acids is 1. The fourth-order valence-corrected chi connectivity index (χ4v) is 1.46. The minimum Gasteiger partial charge on any atom is -0.442 e. The van der Waals surface area contributed by atoms with Crippen molar-refractivity contribution in [2.45, 2.75) is 39.8 Å². The second kappa shape index (κ2) is 6.16. The summed E-state index contributed by atoms with van der Waals surface area (Å²) in [7, 11) is 0. The summed E-state index contributed by atoms with van der Waals surface area (Å²) in [5.41, 5.74) is 2.15. The maximum absolute atomic E-state index is 11.2. The Balaban J connectivity index is 2.45. The molecule has 0 fully saturated rings. The first kappa shape index (κ1) is 12.6. The van der Waals surface area contributed by atoms with Crippen molar-refractivity contribution in [3.8, 4) is 0 Å². The van der Waals surface area contributed by atoms with Crippen LogP contribution in [0.3, 0.4) is 0 Å². The van der Waals surface area contributed by atoms with E-state index >= 15 is 0 Å². The zero-order valence-electron chi connectivity index (χ0n) is 10.1. The van der Waals surface area contributed by atoms with Gasteiger partial charge in [0, 0.05) is 12.1 Å². The van der Waals surface area contributed by atoms with Gasteiger partial charge in [-0.15, -0.1) is 0 Å². The van der Waals surface area contributed by atoms with E-state index in [1.165, 1.54) is 5.56 Å². The normalized spacial score (nSPS) is 11.9. The summed E-state index contributed by atoms with van der Waals surface area (Å²) in [6.07, 6.45) is 0.997. The largest absolute Gasteiger partial charge is 0.442 e. The lowest BCUT2D eigenvalue weighted by molar-refractivity contribution is -0.146. The number of hydrogen-bond donors (Lipinski definition) is 1. The Morgan fingerprint density at radius 1 is 1.50 bits per heavy atom. The highest BCUT2D eigenvalue weighted by Crippen LogP contribution is 2.11. The Morgan fingerprint density at radius 3 is 2.88 bits per heavy atom. The lowest BCUT2D eigenvalue weighted by Crippen LogP contribution is -2.22. The Morgan fingerprint density at radius 2 is 2.25 bits per heavy atom. The van der Waals surface area contributed by atoms with E-state index in [0.29, 0.717) is 6.42 Å². The topological polar surface area (TPSA) is 38.3 Å². The van der Waals surface area contributed by atoms with E-state index in [0.717, 1.165) is 12.1 Å². The number of benzene rings is 1. The summed E-state index contributed by atoms with van der Waals surface area (Å²) in [6, 6.07) is 7.97. The number of nitrogens with one attached hydrogen (secondary N) is 1. The van der Waals surface area contributed by atoms with Crippen LogP contribution < -0.4 is 5.32 Å². The van der Waals surface area contributed by atoms with Gasteiger partial charge in [0.2, 0.25) is 0 Å². The molecule has 1 aromatic carbocycles. The van der Waals surface area contributed by atoms with Crippen LogP contribution in [0.25, 0.3) is 0 Å². The highest BCUT2D eigenvalue weighted by Gasteiger charge is 2.07. The molecule has 3 heteroatoms. The summed E-state index contributed by atoms with van der Waals surface area (Å²) in [5, 5.41) is 3.13. The summed E-state index contributed by atoms with van der Waals surface area (Å²) in [6.45, 7) is 5.81. The number of ether oxygens (including phenoxy) is 1. The number of anilines is 1. The van der Waals surface area contributed by atoms with E-state index in [4.69, 9.17) is 4.74 Å². The SMILES string of the molecule is CCCC(=O)OC(C)Nc1cccc(C)c1. The molecule has 0 heterocycles. The first-order chi connectivity index (χ1) is 7.61. The first-order valence-corrected chi connectivity index (χ1v) is 5.64. The lowest BCUT2D eigenvalue weighted by atomic mass is 10.2. The molecule has 0 aliphatic carbocycles. The van der Waals surface area contributed by atoms with Crippen LogP contribution >= 0.6 is 0 Å². The van der Waals surface area contributed by atoms with Crippen LogP contribution in [0.1, 0.15) is 32.3 Å². The number of hydrogen-bond acceptors (Lipinski definition) is 3. The van der Waals surface area contributed by atoms with Crippen LogP contribution in [0.15, 0.2) is 24.3 Å². The van der Waals surface area contributed by atoms with Crippen LogP contribution in [-0.4, -0.2) is 12.2 Å². The second-order valence-electron chi connectivity index (χ2n) is 3.90. The van der Waals surface area contributed by atoms with Gasteiger partial charge in [0.25, 0.3) is 0 Å². The zero-order chi connectivity index (χ0) is 12.0. The number of esters is 1. The number of carbonyl (C=O) groups is 1. The van der Waals surface area contributed by atoms with Crippen molar-refractivity contribution in [2.24, 2.45) is 0 Å². The Labute approximate surface area is 96.8 Å². The van der Waals surface area contributed by atoms with Crippen LogP contribution in [0, 0.1) is 6.92 Å². The van der Waals surface area contributed by atoms with Crippen molar-refractivity contribution >= 4 is 11.7 Å². The highest BCUT2D eigenvalue weighted by atomic mass is 16.6. The predicted molar refractivity (Wildman–Crippen MR) is 65.3 cm³/mol. The van der Waals surface area contributed by atoms with E-state index in [-0.39, 0.29) is 12.2 Å². The molecular weight excluding hydrogens is 202 g/mol. The van der Waals surface area contributed by atoms with Crippen molar-refractivity contribution in [3.63, 3.8) is 0 Å². The molecule has 0 aromatic heterocycles. The average Bonchev–Trinajstić information content (AvgIpc) is 2.17. The van der Waals surface area contributed by atoms with Crippen molar-refractivity contribution in [3.05, 3.63) is 29.8 Å².